The molecule has 1 amide bonds. The average Bonchev–Trinajstić information content (AvgIpc) is 2.96. The Hall–Kier alpha value is -2.21. The lowest BCUT2D eigenvalue weighted by atomic mass is 10.1. The highest BCUT2D eigenvalue weighted by Gasteiger charge is 2.27. The van der Waals surface area contributed by atoms with Crippen LogP contribution in [0.3, 0.4) is 0 Å². The second-order valence-corrected chi connectivity index (χ2v) is 5.47. The number of carbonyl (C=O) groups excluding carboxylic acids is 1. The van der Waals surface area contributed by atoms with Crippen LogP contribution in [0.15, 0.2) is 41.2 Å². The van der Waals surface area contributed by atoms with Crippen molar-refractivity contribution >= 4 is 5.91 Å². The highest BCUT2D eigenvalue weighted by Crippen LogP contribution is 2.18. The molecule has 0 spiro atoms. The van der Waals surface area contributed by atoms with Crippen molar-refractivity contribution in [2.75, 3.05) is 13.1 Å². The molecular weight excluding hydrogens is 280 g/mol. The molecule has 1 saturated heterocycles. The van der Waals surface area contributed by atoms with Crippen molar-refractivity contribution in [3.8, 4) is 0 Å². The number of hydrogen-bond acceptors (Lipinski definition) is 5. The van der Waals surface area contributed by atoms with Crippen LogP contribution >= 0.6 is 0 Å². The third kappa shape index (κ3) is 3.51. The Morgan fingerprint density at radius 1 is 1.32 bits per heavy atom. The third-order valence-electron chi connectivity index (χ3n) is 3.96. The minimum atomic E-state index is -0.0914. The zero-order chi connectivity index (χ0) is 15.2. The van der Waals surface area contributed by atoms with E-state index in [1.807, 2.05) is 23.1 Å². The summed E-state index contributed by atoms with van der Waals surface area (Å²) in [6.45, 7) is 2.43. The largest absolute Gasteiger partial charge is 0.364 e. The summed E-state index contributed by atoms with van der Waals surface area (Å²) in [5.41, 5.74) is 1.24. The van der Waals surface area contributed by atoms with Crippen LogP contribution in [0.4, 0.5) is 0 Å². The highest BCUT2D eigenvalue weighted by atomic mass is 16.5. The van der Waals surface area contributed by atoms with Crippen molar-refractivity contribution in [2.45, 2.75) is 31.8 Å². The molecule has 22 heavy (non-hydrogen) atoms. The maximum absolute atomic E-state index is 12.8. The summed E-state index contributed by atoms with van der Waals surface area (Å²) in [6, 6.07) is 7.57. The lowest BCUT2D eigenvalue weighted by molar-refractivity contribution is 0.0631. The summed E-state index contributed by atoms with van der Waals surface area (Å²) in [5, 5.41) is 7.18. The second-order valence-electron chi connectivity index (χ2n) is 5.47. The Morgan fingerprint density at radius 2 is 2.27 bits per heavy atom. The van der Waals surface area contributed by atoms with Crippen LogP contribution < -0.4 is 5.32 Å². The van der Waals surface area contributed by atoms with Gasteiger partial charge in [0.1, 0.15) is 6.26 Å². The second kappa shape index (κ2) is 7.17. The molecule has 1 atom stereocenters. The summed E-state index contributed by atoms with van der Waals surface area (Å²) < 4.78 is 4.82. The van der Waals surface area contributed by atoms with Crippen LogP contribution in [0.2, 0.25) is 0 Å². The van der Waals surface area contributed by atoms with Gasteiger partial charge in [0.05, 0.1) is 12.2 Å². The maximum atomic E-state index is 12.8. The molecule has 0 aromatic carbocycles. The van der Waals surface area contributed by atoms with E-state index >= 15 is 0 Å². The maximum Gasteiger partial charge on any atom is 0.276 e. The van der Waals surface area contributed by atoms with E-state index in [2.05, 4.69) is 15.5 Å². The van der Waals surface area contributed by atoms with E-state index in [1.54, 1.807) is 12.3 Å². The average molecular weight is 300 g/mol. The van der Waals surface area contributed by atoms with E-state index < -0.39 is 0 Å². The Bertz CT molecular complexity index is 577. The Balaban J connectivity index is 1.82. The highest BCUT2D eigenvalue weighted by molar-refractivity contribution is 5.92. The van der Waals surface area contributed by atoms with Crippen molar-refractivity contribution < 1.29 is 9.32 Å². The number of aromatic nitrogens is 2. The van der Waals surface area contributed by atoms with Crippen molar-refractivity contribution in [1.82, 2.24) is 20.4 Å². The summed E-state index contributed by atoms with van der Waals surface area (Å²) in [6.07, 6.45) is 6.18. The van der Waals surface area contributed by atoms with Crippen molar-refractivity contribution in [3.05, 3.63) is 48.1 Å². The number of nitrogens with one attached hydrogen (secondary N) is 1. The fraction of sp³-hybridized carbons (Fsp3) is 0.438. The first kappa shape index (κ1) is 14.7. The molecule has 0 unspecified atom stereocenters. The zero-order valence-electron chi connectivity index (χ0n) is 12.4. The van der Waals surface area contributed by atoms with Gasteiger partial charge >= 0.3 is 0 Å². The molecule has 3 rings (SSSR count). The third-order valence-corrected chi connectivity index (χ3v) is 3.96. The predicted molar refractivity (Wildman–Crippen MR) is 81.1 cm³/mol. The van der Waals surface area contributed by atoms with Crippen molar-refractivity contribution in [1.29, 1.82) is 0 Å². The van der Waals surface area contributed by atoms with Gasteiger partial charge in [-0.05, 0) is 44.5 Å². The van der Waals surface area contributed by atoms with Crippen LogP contribution in [0.5, 0.6) is 0 Å². The number of pyridine rings is 1. The molecule has 3 heterocycles. The molecule has 1 N–H and O–H groups in total. The first-order valence-corrected chi connectivity index (χ1v) is 7.66. The molecule has 0 bridgehead atoms. The van der Waals surface area contributed by atoms with Gasteiger partial charge in [-0.2, -0.15) is 0 Å². The predicted octanol–water partition coefficient (Wildman–Crippen LogP) is 1.85. The van der Waals surface area contributed by atoms with Crippen LogP contribution in [0.1, 0.15) is 35.4 Å². The normalized spacial score (nSPS) is 18.6. The molecule has 0 radical (unpaired) electrons. The van der Waals surface area contributed by atoms with Crippen molar-refractivity contribution in [3.63, 3.8) is 0 Å². The minimum Gasteiger partial charge on any atom is -0.364 e. The van der Waals surface area contributed by atoms with Gasteiger partial charge in [0.25, 0.3) is 5.91 Å². The van der Waals surface area contributed by atoms with Crippen LogP contribution in [0, 0.1) is 0 Å². The minimum absolute atomic E-state index is 0.0914. The standard InChI is InChI=1S/C16H20N4O2/c21-16(15-7-11-22-19-15)20(12-13-4-1-2-9-18-13)14-5-3-8-17-10-6-14/h1-2,4,7,9,11,14,17H,3,5-6,8,10,12H2/t14-/m1/s1. The number of hydrogen-bond donors (Lipinski definition) is 1. The van der Waals surface area contributed by atoms with Crippen LogP contribution in [0.25, 0.3) is 0 Å². The molecule has 0 saturated carbocycles. The Labute approximate surface area is 129 Å². The first-order valence-electron chi connectivity index (χ1n) is 7.66. The molecule has 116 valence electrons. The van der Waals surface area contributed by atoms with Gasteiger partial charge in [-0.3, -0.25) is 9.78 Å². The summed E-state index contributed by atoms with van der Waals surface area (Å²) in [5.74, 6) is -0.0914. The van der Waals surface area contributed by atoms with Gasteiger partial charge in [0.2, 0.25) is 0 Å². The van der Waals surface area contributed by atoms with E-state index in [0.29, 0.717) is 12.2 Å². The van der Waals surface area contributed by atoms with E-state index in [0.717, 1.165) is 38.0 Å². The first-order chi connectivity index (χ1) is 10.8. The molecule has 2 aromatic heterocycles. The van der Waals surface area contributed by atoms with E-state index in [1.165, 1.54) is 6.26 Å². The molecule has 0 aliphatic carbocycles. The fourth-order valence-corrected chi connectivity index (χ4v) is 2.82. The molecule has 2 aromatic rings. The molecule has 1 aliphatic heterocycles. The number of nitrogens with zero attached hydrogens (tertiary/aromatic N) is 3. The van der Waals surface area contributed by atoms with Gasteiger partial charge in [-0.1, -0.05) is 11.2 Å². The van der Waals surface area contributed by atoms with E-state index in [4.69, 9.17) is 4.52 Å². The smallest absolute Gasteiger partial charge is 0.276 e. The van der Waals surface area contributed by atoms with Gasteiger partial charge in [0.15, 0.2) is 5.69 Å². The van der Waals surface area contributed by atoms with Gasteiger partial charge < -0.3 is 14.7 Å². The molecule has 6 nitrogen and oxygen atoms in total. The Kier molecular flexibility index (Phi) is 4.80. The van der Waals surface area contributed by atoms with Crippen LogP contribution in [-0.2, 0) is 6.54 Å². The number of rotatable bonds is 4. The number of amides is 1. The summed E-state index contributed by atoms with van der Waals surface area (Å²) in [4.78, 5) is 19.0. The topological polar surface area (TPSA) is 71.3 Å². The van der Waals surface area contributed by atoms with Gasteiger partial charge in [-0.15, -0.1) is 0 Å². The Morgan fingerprint density at radius 3 is 3.05 bits per heavy atom. The summed E-state index contributed by atoms with van der Waals surface area (Å²) in [7, 11) is 0. The van der Waals surface area contributed by atoms with Gasteiger partial charge in [0, 0.05) is 18.3 Å². The van der Waals surface area contributed by atoms with E-state index in [-0.39, 0.29) is 11.9 Å². The molecule has 1 fully saturated rings. The zero-order valence-corrected chi connectivity index (χ0v) is 12.4. The molecular formula is C16H20N4O2. The lowest BCUT2D eigenvalue weighted by Gasteiger charge is -2.30. The molecule has 6 heteroatoms. The quantitative estimate of drug-likeness (QED) is 0.933. The van der Waals surface area contributed by atoms with Crippen LogP contribution in [-0.4, -0.2) is 40.1 Å². The van der Waals surface area contributed by atoms with Gasteiger partial charge in [-0.25, -0.2) is 0 Å². The monoisotopic (exact) mass is 300 g/mol. The van der Waals surface area contributed by atoms with E-state index in [9.17, 15) is 4.79 Å². The summed E-state index contributed by atoms with van der Waals surface area (Å²) >= 11 is 0. The van der Waals surface area contributed by atoms with Crippen molar-refractivity contribution in [2.24, 2.45) is 0 Å². The fourth-order valence-electron chi connectivity index (χ4n) is 2.82. The number of carbonyl (C=O) groups is 1. The SMILES string of the molecule is O=C(c1ccon1)N(Cc1ccccn1)[C@@H]1CCCNCC1. The molecule has 1 aliphatic rings. The lowest BCUT2D eigenvalue weighted by Crippen LogP contribution is -2.40.